The van der Waals surface area contributed by atoms with E-state index in [1.54, 1.807) is 0 Å². The summed E-state index contributed by atoms with van der Waals surface area (Å²) in [5, 5.41) is 6.51. The van der Waals surface area contributed by atoms with Crippen molar-refractivity contribution in [1.82, 2.24) is 19.6 Å². The van der Waals surface area contributed by atoms with Crippen molar-refractivity contribution < 1.29 is 31.1 Å². The fourth-order valence-electron chi connectivity index (χ4n) is 2.19. The van der Waals surface area contributed by atoms with Crippen molar-refractivity contribution in [3.8, 4) is 0 Å². The number of hydrogen-bond donors (Lipinski definition) is 0. The summed E-state index contributed by atoms with van der Waals surface area (Å²) in [6, 6.07) is 1.25. The van der Waals surface area contributed by atoms with Crippen LogP contribution in [0.2, 0.25) is 0 Å². The first-order valence-electron chi connectivity index (χ1n) is 6.89. The predicted octanol–water partition coefficient (Wildman–Crippen LogP) is 3.49. The number of halogens is 6. The van der Waals surface area contributed by atoms with Crippen molar-refractivity contribution in [1.29, 1.82) is 0 Å². The van der Waals surface area contributed by atoms with Crippen LogP contribution in [0.1, 0.15) is 22.8 Å². The molecular weight excluding hydrogens is 366 g/mol. The van der Waals surface area contributed by atoms with Gasteiger partial charge in [-0.25, -0.2) is 0 Å². The van der Waals surface area contributed by atoms with E-state index in [9.17, 15) is 31.1 Å². The number of allylic oxidation sites excluding steroid dienone is 2. The third-order valence-electron chi connectivity index (χ3n) is 3.51. The van der Waals surface area contributed by atoms with Gasteiger partial charge < -0.3 is 0 Å². The molecule has 26 heavy (non-hydrogen) atoms. The van der Waals surface area contributed by atoms with Gasteiger partial charge in [-0.15, -0.1) is 0 Å². The SMILES string of the molecule is C=C(C(=O)C(=C)c1cc(C(F)(F)F)nn1C)c1cc(C(F)(F)F)nn1C. The van der Waals surface area contributed by atoms with Gasteiger partial charge in [-0.05, 0) is 12.1 Å². The summed E-state index contributed by atoms with van der Waals surface area (Å²) in [6.45, 7) is 6.84. The van der Waals surface area contributed by atoms with Gasteiger partial charge in [-0.3, -0.25) is 14.2 Å². The van der Waals surface area contributed by atoms with Crippen molar-refractivity contribution >= 4 is 16.9 Å². The molecule has 0 amide bonds. The first kappa shape index (κ1) is 19.5. The van der Waals surface area contributed by atoms with E-state index in [1.807, 2.05) is 0 Å². The Hall–Kier alpha value is -2.85. The lowest BCUT2D eigenvalue weighted by Crippen LogP contribution is -2.10. The monoisotopic (exact) mass is 378 g/mol. The Bertz CT molecular complexity index is 828. The van der Waals surface area contributed by atoms with Crippen LogP contribution in [0.5, 0.6) is 0 Å². The molecule has 5 nitrogen and oxygen atoms in total. The largest absolute Gasteiger partial charge is 0.435 e. The van der Waals surface area contributed by atoms with Gasteiger partial charge >= 0.3 is 12.4 Å². The Morgan fingerprint density at radius 2 is 1.15 bits per heavy atom. The molecule has 2 heterocycles. The van der Waals surface area contributed by atoms with Gasteiger partial charge in [-0.1, -0.05) is 13.2 Å². The molecule has 0 spiro atoms. The zero-order valence-corrected chi connectivity index (χ0v) is 13.5. The molecule has 0 aromatic carbocycles. The van der Waals surface area contributed by atoms with Crippen LogP contribution in [-0.2, 0) is 31.2 Å². The van der Waals surface area contributed by atoms with E-state index < -0.39 is 40.7 Å². The van der Waals surface area contributed by atoms with Gasteiger partial charge in [0.25, 0.3) is 0 Å². The van der Waals surface area contributed by atoms with E-state index in [0.717, 1.165) is 9.36 Å². The van der Waals surface area contributed by atoms with Crippen molar-refractivity contribution in [2.75, 3.05) is 0 Å². The predicted molar refractivity (Wildman–Crippen MR) is 79.5 cm³/mol. The number of ketones is 1. The van der Waals surface area contributed by atoms with Crippen molar-refractivity contribution in [2.45, 2.75) is 12.4 Å². The summed E-state index contributed by atoms with van der Waals surface area (Å²) in [6.07, 6.45) is -9.44. The standard InChI is InChI=1S/C15H12F6N4O/c1-7(9-5-11(14(16,17)18)22-24(9)3)13(26)8(2)10-6-12(15(19,20)21)23-25(10)4/h5-6H,1-2H2,3-4H3. The van der Waals surface area contributed by atoms with Gasteiger partial charge in [0.2, 0.25) is 0 Å². The van der Waals surface area contributed by atoms with E-state index >= 15 is 0 Å². The molecule has 0 aliphatic carbocycles. The summed E-state index contributed by atoms with van der Waals surface area (Å²) >= 11 is 0. The number of Topliss-reactive ketones (excluding diaryl/α,β-unsaturated/α-hetero) is 1. The zero-order chi connectivity index (χ0) is 20.0. The first-order chi connectivity index (χ1) is 11.7. The fraction of sp³-hybridized carbons (Fsp3) is 0.267. The fourth-order valence-corrected chi connectivity index (χ4v) is 2.19. The third-order valence-corrected chi connectivity index (χ3v) is 3.51. The lowest BCUT2D eigenvalue weighted by atomic mass is 10.0. The Morgan fingerprint density at radius 3 is 1.38 bits per heavy atom. The summed E-state index contributed by atoms with van der Waals surface area (Å²) in [5.41, 5.74) is -3.71. The first-order valence-corrected chi connectivity index (χ1v) is 6.89. The van der Waals surface area contributed by atoms with Gasteiger partial charge in [0.1, 0.15) is 0 Å². The third kappa shape index (κ3) is 3.55. The quantitative estimate of drug-likeness (QED) is 0.605. The Kier molecular flexibility index (Phi) is 4.60. The van der Waals surface area contributed by atoms with Crippen LogP contribution >= 0.6 is 0 Å². The van der Waals surface area contributed by atoms with Gasteiger partial charge in [0, 0.05) is 25.2 Å². The second kappa shape index (κ2) is 6.15. The highest BCUT2D eigenvalue weighted by Gasteiger charge is 2.37. The van der Waals surface area contributed by atoms with Crippen LogP contribution in [0.25, 0.3) is 11.1 Å². The molecule has 0 atom stereocenters. The number of nitrogens with zero attached hydrogens (tertiary/aromatic N) is 4. The molecule has 0 aliphatic rings. The van der Waals surface area contributed by atoms with E-state index in [4.69, 9.17) is 0 Å². The molecule has 0 fully saturated rings. The minimum Gasteiger partial charge on any atom is -0.288 e. The lowest BCUT2D eigenvalue weighted by Gasteiger charge is -2.08. The van der Waals surface area contributed by atoms with Gasteiger partial charge in [0.15, 0.2) is 17.2 Å². The molecule has 0 N–H and O–H groups in total. The summed E-state index contributed by atoms with van der Waals surface area (Å²) < 4.78 is 77.9. The number of aromatic nitrogens is 4. The lowest BCUT2D eigenvalue weighted by molar-refractivity contribution is -0.142. The molecular formula is C15H12F6N4O. The second-order valence-corrected chi connectivity index (χ2v) is 5.36. The number of aryl methyl sites for hydroxylation is 2. The van der Waals surface area contributed by atoms with Crippen LogP contribution in [-0.4, -0.2) is 25.3 Å². The van der Waals surface area contributed by atoms with Crippen molar-refractivity contribution in [2.24, 2.45) is 14.1 Å². The zero-order valence-electron chi connectivity index (χ0n) is 13.5. The molecule has 2 rings (SSSR count). The van der Waals surface area contributed by atoms with Crippen LogP contribution in [0.4, 0.5) is 26.3 Å². The molecule has 2 aromatic rings. The molecule has 2 aromatic heterocycles. The number of alkyl halides is 6. The number of rotatable bonds is 4. The van der Waals surface area contributed by atoms with Gasteiger partial charge in [0.05, 0.1) is 11.4 Å². The highest BCUT2D eigenvalue weighted by molar-refractivity contribution is 6.41. The Labute approximate surface area is 143 Å². The number of carbonyl (C=O) groups excluding carboxylic acids is 1. The Morgan fingerprint density at radius 1 is 0.846 bits per heavy atom. The molecule has 140 valence electrons. The summed E-state index contributed by atoms with van der Waals surface area (Å²) in [5.74, 6) is -0.932. The molecule has 0 saturated heterocycles. The average molecular weight is 378 g/mol. The highest BCUT2D eigenvalue weighted by atomic mass is 19.4. The molecule has 0 aliphatic heterocycles. The van der Waals surface area contributed by atoms with Crippen LogP contribution in [0.15, 0.2) is 25.3 Å². The molecule has 0 bridgehead atoms. The van der Waals surface area contributed by atoms with Crippen LogP contribution in [0, 0.1) is 0 Å². The molecule has 0 radical (unpaired) electrons. The van der Waals surface area contributed by atoms with Crippen molar-refractivity contribution in [3.05, 3.63) is 48.1 Å². The molecule has 0 saturated carbocycles. The maximum atomic E-state index is 12.7. The topological polar surface area (TPSA) is 52.7 Å². The minimum atomic E-state index is -4.72. The Balaban J connectivity index is 2.35. The maximum Gasteiger partial charge on any atom is 0.435 e. The average Bonchev–Trinajstić information content (AvgIpc) is 3.07. The number of hydrogen-bond acceptors (Lipinski definition) is 3. The normalized spacial score (nSPS) is 12.3. The summed E-state index contributed by atoms with van der Waals surface area (Å²) in [7, 11) is 2.36. The van der Waals surface area contributed by atoms with Crippen LogP contribution < -0.4 is 0 Å². The maximum absolute atomic E-state index is 12.7. The van der Waals surface area contributed by atoms with E-state index in [2.05, 4.69) is 23.4 Å². The minimum absolute atomic E-state index is 0.235. The van der Waals surface area contributed by atoms with Gasteiger partial charge in [-0.2, -0.15) is 36.5 Å². The van der Waals surface area contributed by atoms with Crippen molar-refractivity contribution in [3.63, 3.8) is 0 Å². The van der Waals surface area contributed by atoms with E-state index in [0.29, 0.717) is 12.1 Å². The smallest absolute Gasteiger partial charge is 0.288 e. The number of carbonyl (C=O) groups is 1. The molecule has 0 unspecified atom stereocenters. The highest BCUT2D eigenvalue weighted by Crippen LogP contribution is 2.33. The van der Waals surface area contributed by atoms with E-state index in [-0.39, 0.29) is 11.4 Å². The molecule has 11 heteroatoms. The van der Waals surface area contributed by atoms with E-state index in [1.165, 1.54) is 14.1 Å². The second-order valence-electron chi connectivity index (χ2n) is 5.36. The van der Waals surface area contributed by atoms with Crippen LogP contribution in [0.3, 0.4) is 0 Å². The summed E-state index contributed by atoms with van der Waals surface area (Å²) in [4.78, 5) is 12.4.